The summed E-state index contributed by atoms with van der Waals surface area (Å²) < 4.78 is 5.53. The number of rotatable bonds is 9. The largest absolute Gasteiger partial charge is 0.481 e. The number of nitrogens with one attached hydrogen (secondary N) is 1. The highest BCUT2D eigenvalue weighted by atomic mass is 32.2. The number of alkyl carbamates (subject to hydrolysis) is 1. The smallest absolute Gasteiger partial charge is 0.407 e. The predicted octanol–water partition coefficient (Wildman–Crippen LogP) is 4.36. The van der Waals surface area contributed by atoms with Crippen LogP contribution in [-0.2, 0) is 14.3 Å². The fourth-order valence-corrected chi connectivity index (χ4v) is 5.78. The van der Waals surface area contributed by atoms with Gasteiger partial charge in [0.25, 0.3) is 0 Å². The fourth-order valence-electron chi connectivity index (χ4n) is 5.03. The van der Waals surface area contributed by atoms with Crippen LogP contribution in [-0.4, -0.2) is 65.7 Å². The normalized spacial score (nSPS) is 16.3. The lowest BCUT2D eigenvalue weighted by molar-refractivity contribution is -0.154. The Balaban J connectivity index is 1.15. The molecule has 8 heteroatoms. The van der Waals surface area contributed by atoms with E-state index in [0.29, 0.717) is 50.4 Å². The number of carboxylic acid groups (broad SMARTS) is 1. The molecule has 7 nitrogen and oxygen atoms in total. The highest BCUT2D eigenvalue weighted by molar-refractivity contribution is 7.99. The molecule has 1 aliphatic heterocycles. The molecule has 2 aliphatic rings. The molecule has 0 bridgehead atoms. The van der Waals surface area contributed by atoms with E-state index in [-0.39, 0.29) is 18.4 Å². The summed E-state index contributed by atoms with van der Waals surface area (Å²) in [6.07, 6.45) is 1.12. The first kappa shape index (κ1) is 25.1. The van der Waals surface area contributed by atoms with Gasteiger partial charge in [-0.2, -0.15) is 11.8 Å². The molecule has 1 saturated heterocycles. The highest BCUT2D eigenvalue weighted by Gasteiger charge is 2.40. The number of ether oxygens (including phenoxy) is 1. The van der Waals surface area contributed by atoms with Gasteiger partial charge in [0.05, 0.1) is 11.2 Å². The number of nitrogens with zero attached hydrogens (tertiary/aromatic N) is 1. The molecule has 0 saturated carbocycles. The van der Waals surface area contributed by atoms with E-state index in [1.807, 2.05) is 31.2 Å². The van der Waals surface area contributed by atoms with Gasteiger partial charge in [0.1, 0.15) is 6.61 Å². The molecule has 2 amide bonds. The first-order chi connectivity index (χ1) is 16.9. The van der Waals surface area contributed by atoms with Crippen LogP contribution in [0.2, 0.25) is 0 Å². The summed E-state index contributed by atoms with van der Waals surface area (Å²) in [6.45, 7) is 3.54. The van der Waals surface area contributed by atoms with E-state index in [9.17, 15) is 19.5 Å². The Morgan fingerprint density at radius 3 is 2.23 bits per heavy atom. The van der Waals surface area contributed by atoms with Crippen LogP contribution in [0.4, 0.5) is 4.79 Å². The van der Waals surface area contributed by atoms with Crippen molar-refractivity contribution in [2.45, 2.75) is 32.1 Å². The van der Waals surface area contributed by atoms with E-state index in [4.69, 9.17) is 4.74 Å². The number of carbonyl (C=O) groups excluding carboxylic acids is 2. The maximum absolute atomic E-state index is 12.5. The van der Waals surface area contributed by atoms with Crippen molar-refractivity contribution in [3.63, 3.8) is 0 Å². The summed E-state index contributed by atoms with van der Waals surface area (Å²) >= 11 is 1.46. The number of fused-ring (bicyclic) bond motifs is 3. The van der Waals surface area contributed by atoms with Crippen molar-refractivity contribution in [2.24, 2.45) is 5.41 Å². The molecule has 0 radical (unpaired) electrons. The number of hydrogen-bond acceptors (Lipinski definition) is 5. The van der Waals surface area contributed by atoms with Crippen LogP contribution in [0.1, 0.15) is 43.2 Å². The van der Waals surface area contributed by atoms with E-state index in [0.717, 1.165) is 0 Å². The average molecular weight is 497 g/mol. The quantitative estimate of drug-likeness (QED) is 0.501. The van der Waals surface area contributed by atoms with Gasteiger partial charge in [-0.1, -0.05) is 55.5 Å². The van der Waals surface area contributed by atoms with Crippen molar-refractivity contribution in [3.8, 4) is 11.1 Å². The summed E-state index contributed by atoms with van der Waals surface area (Å²) in [5.41, 5.74) is 4.03. The van der Waals surface area contributed by atoms with Gasteiger partial charge in [0.2, 0.25) is 5.91 Å². The Labute approximate surface area is 210 Å². The van der Waals surface area contributed by atoms with Crippen molar-refractivity contribution in [2.75, 3.05) is 37.7 Å². The number of likely N-dealkylation sites (tertiary alicyclic amines) is 1. The molecular formula is C27H32N2O5S. The number of thioether (sulfide) groups is 1. The standard InChI is InChI=1S/C27H32N2O5S/c1-2-27(25(31)32)11-14-29(15-12-27)24(30)18-35-16-13-28-26(33)34-17-23-21-9-5-3-7-19(21)20-8-4-6-10-22(20)23/h3-10,23H,2,11-18H2,1H3,(H,28,33)(H,31,32). The zero-order valence-corrected chi connectivity index (χ0v) is 20.8. The van der Waals surface area contributed by atoms with Crippen LogP contribution in [0.3, 0.4) is 0 Å². The molecule has 0 spiro atoms. The van der Waals surface area contributed by atoms with Crippen molar-refractivity contribution >= 4 is 29.7 Å². The number of carbonyl (C=O) groups is 3. The minimum atomic E-state index is -0.763. The third-order valence-corrected chi connectivity index (χ3v) is 8.23. The lowest BCUT2D eigenvalue weighted by Gasteiger charge is -2.38. The topological polar surface area (TPSA) is 95.9 Å². The molecule has 2 aromatic rings. The van der Waals surface area contributed by atoms with Gasteiger partial charge in [-0.15, -0.1) is 0 Å². The minimum Gasteiger partial charge on any atom is -0.481 e. The summed E-state index contributed by atoms with van der Waals surface area (Å²) in [7, 11) is 0. The van der Waals surface area contributed by atoms with E-state index in [2.05, 4.69) is 29.6 Å². The van der Waals surface area contributed by atoms with Crippen LogP contribution in [0.15, 0.2) is 48.5 Å². The van der Waals surface area contributed by atoms with E-state index in [1.165, 1.54) is 34.0 Å². The van der Waals surface area contributed by atoms with Crippen LogP contribution in [0.25, 0.3) is 11.1 Å². The predicted molar refractivity (Wildman–Crippen MR) is 137 cm³/mol. The van der Waals surface area contributed by atoms with Crippen molar-refractivity contribution < 1.29 is 24.2 Å². The highest BCUT2D eigenvalue weighted by Crippen LogP contribution is 2.44. The Morgan fingerprint density at radius 2 is 1.66 bits per heavy atom. The van der Waals surface area contributed by atoms with Gasteiger partial charge in [0.15, 0.2) is 0 Å². The van der Waals surface area contributed by atoms with Crippen molar-refractivity contribution in [3.05, 3.63) is 59.7 Å². The number of piperidine rings is 1. The van der Waals surface area contributed by atoms with Gasteiger partial charge in [0, 0.05) is 31.3 Å². The summed E-state index contributed by atoms with van der Waals surface area (Å²) in [6, 6.07) is 16.4. The molecule has 2 N–H and O–H groups in total. The molecule has 0 unspecified atom stereocenters. The van der Waals surface area contributed by atoms with Gasteiger partial charge in [-0.3, -0.25) is 9.59 Å². The number of amides is 2. The Hall–Kier alpha value is -3.00. The summed E-state index contributed by atoms with van der Waals surface area (Å²) in [4.78, 5) is 38.0. The van der Waals surface area contributed by atoms with E-state index in [1.54, 1.807) is 4.90 Å². The summed E-state index contributed by atoms with van der Waals surface area (Å²) in [5, 5.41) is 12.3. The van der Waals surface area contributed by atoms with Crippen molar-refractivity contribution in [1.29, 1.82) is 0 Å². The zero-order valence-electron chi connectivity index (χ0n) is 20.0. The number of carboxylic acids is 1. The molecule has 186 valence electrons. The number of benzene rings is 2. The van der Waals surface area contributed by atoms with Crippen LogP contribution in [0, 0.1) is 5.41 Å². The van der Waals surface area contributed by atoms with E-state index < -0.39 is 17.5 Å². The third kappa shape index (κ3) is 5.48. The Bertz CT molecular complexity index is 1040. The second kappa shape index (κ2) is 11.2. The maximum Gasteiger partial charge on any atom is 0.407 e. The molecule has 4 rings (SSSR count). The molecule has 0 atom stereocenters. The lowest BCUT2D eigenvalue weighted by atomic mass is 9.76. The van der Waals surface area contributed by atoms with Gasteiger partial charge < -0.3 is 20.1 Å². The maximum atomic E-state index is 12.5. The Kier molecular flexibility index (Phi) is 8.00. The van der Waals surface area contributed by atoms with Crippen molar-refractivity contribution in [1.82, 2.24) is 10.2 Å². The summed E-state index contributed by atoms with van der Waals surface area (Å²) in [5.74, 6) is 0.195. The average Bonchev–Trinajstić information content (AvgIpc) is 3.20. The van der Waals surface area contributed by atoms with Gasteiger partial charge in [-0.25, -0.2) is 4.79 Å². The zero-order chi connectivity index (χ0) is 24.8. The monoisotopic (exact) mass is 496 g/mol. The first-order valence-corrected chi connectivity index (χ1v) is 13.3. The minimum absolute atomic E-state index is 0.0197. The molecule has 0 aromatic heterocycles. The third-order valence-electron chi connectivity index (χ3n) is 7.29. The SMILES string of the molecule is CCC1(C(=O)O)CCN(C(=O)CSCCNC(=O)OCC2c3ccccc3-c3ccccc32)CC1. The van der Waals surface area contributed by atoms with Crippen LogP contribution in [0.5, 0.6) is 0 Å². The molecule has 2 aromatic carbocycles. The molecular weight excluding hydrogens is 464 g/mol. The molecule has 35 heavy (non-hydrogen) atoms. The number of aliphatic carboxylic acids is 1. The molecule has 1 fully saturated rings. The number of hydrogen-bond donors (Lipinski definition) is 2. The van der Waals surface area contributed by atoms with E-state index >= 15 is 0 Å². The second-order valence-electron chi connectivity index (χ2n) is 9.12. The fraction of sp³-hybridized carbons (Fsp3) is 0.444. The van der Waals surface area contributed by atoms with Crippen LogP contribution >= 0.6 is 11.8 Å². The van der Waals surface area contributed by atoms with Crippen LogP contribution < -0.4 is 5.32 Å². The van der Waals surface area contributed by atoms with Gasteiger partial charge in [-0.05, 0) is 41.5 Å². The Morgan fingerprint density at radius 1 is 1.06 bits per heavy atom. The second-order valence-corrected chi connectivity index (χ2v) is 10.2. The molecule has 1 aliphatic carbocycles. The molecule has 1 heterocycles. The lowest BCUT2D eigenvalue weighted by Crippen LogP contribution is -2.46. The van der Waals surface area contributed by atoms with Gasteiger partial charge >= 0.3 is 12.1 Å². The first-order valence-electron chi connectivity index (χ1n) is 12.1.